The lowest BCUT2D eigenvalue weighted by Crippen LogP contribution is -2.44. The highest BCUT2D eigenvalue weighted by Crippen LogP contribution is 2.34. The predicted molar refractivity (Wildman–Crippen MR) is 187 cm³/mol. The Morgan fingerprint density at radius 3 is 2.52 bits per heavy atom. The molecule has 0 spiro atoms. The van der Waals surface area contributed by atoms with E-state index >= 15 is 0 Å². The van der Waals surface area contributed by atoms with Crippen molar-refractivity contribution in [2.45, 2.75) is 140 Å². The molecule has 1 aromatic heterocycles. The minimum absolute atomic E-state index is 0.0562. The van der Waals surface area contributed by atoms with Crippen LogP contribution in [0.3, 0.4) is 0 Å². The van der Waals surface area contributed by atoms with Gasteiger partial charge in [-0.25, -0.2) is 14.6 Å². The first-order valence-corrected chi connectivity index (χ1v) is 18.2. The van der Waals surface area contributed by atoms with Crippen molar-refractivity contribution in [3.8, 4) is 0 Å². The molecule has 280 valence electrons. The number of methoxy groups -OCH3 is 2. The lowest BCUT2D eigenvalue weighted by Gasteiger charge is -2.40. The fourth-order valence-corrected chi connectivity index (χ4v) is 6.78. The summed E-state index contributed by atoms with van der Waals surface area (Å²) in [5.74, 6) is 0.934. The van der Waals surface area contributed by atoms with Crippen LogP contribution in [-0.4, -0.2) is 91.9 Å². The summed E-state index contributed by atoms with van der Waals surface area (Å²) >= 11 is 0. The van der Waals surface area contributed by atoms with Crippen LogP contribution in [0.2, 0.25) is 0 Å². The number of hydrogen-bond acceptors (Lipinski definition) is 11. The largest absolute Gasteiger partial charge is 0.459 e. The molecular formula is C38H58N2O10. The van der Waals surface area contributed by atoms with Crippen molar-refractivity contribution in [1.82, 2.24) is 10.3 Å². The zero-order valence-corrected chi connectivity index (χ0v) is 30.4. The lowest BCUT2D eigenvalue weighted by atomic mass is 9.86. The second-order valence-corrected chi connectivity index (χ2v) is 14.1. The number of allylic oxidation sites excluding steroid dienone is 2. The number of aryl methyl sites for hydroxylation is 1. The fraction of sp³-hybridized carbons (Fsp3) is 0.711. The van der Waals surface area contributed by atoms with Gasteiger partial charge in [-0.3, -0.25) is 0 Å². The van der Waals surface area contributed by atoms with Crippen LogP contribution in [0.1, 0.15) is 96.6 Å². The Bertz CT molecular complexity index is 1260. The maximum atomic E-state index is 12.9. The van der Waals surface area contributed by atoms with Gasteiger partial charge in [0.1, 0.15) is 12.4 Å². The molecule has 4 rings (SSSR count). The second-order valence-electron chi connectivity index (χ2n) is 14.1. The average Bonchev–Trinajstić information content (AvgIpc) is 3.52. The average molecular weight is 703 g/mol. The molecule has 0 aromatic carbocycles. The number of aliphatic hydroxyl groups is 1. The number of ether oxygens (including phenoxy) is 6. The summed E-state index contributed by atoms with van der Waals surface area (Å²) in [4.78, 5) is 28.4. The van der Waals surface area contributed by atoms with Crippen LogP contribution >= 0.6 is 0 Å². The van der Waals surface area contributed by atoms with E-state index in [1.165, 1.54) is 13.2 Å². The Morgan fingerprint density at radius 2 is 1.76 bits per heavy atom. The van der Waals surface area contributed by atoms with E-state index in [9.17, 15) is 14.7 Å². The van der Waals surface area contributed by atoms with Crippen LogP contribution in [-0.2, 0) is 39.6 Å². The maximum absolute atomic E-state index is 12.9. The number of esters is 1. The maximum Gasteiger partial charge on any atom is 0.407 e. The molecule has 4 bridgehead atoms. The Kier molecular flexibility index (Phi) is 16.5. The molecule has 12 nitrogen and oxygen atoms in total. The van der Waals surface area contributed by atoms with Gasteiger partial charge in [-0.1, -0.05) is 45.1 Å². The summed E-state index contributed by atoms with van der Waals surface area (Å²) in [6.45, 7) is 6.88. The van der Waals surface area contributed by atoms with Gasteiger partial charge in [-0.15, -0.1) is 0 Å². The standard InChI is InChI=1S/C38H58N2O10/c1-25(2)10-8-12-28-18-29-16-15-26(3)34(48-29)22-30(44-4)19-31-20-32(21-33(47-31)23-37(42)49-28)50-36(41)14-7-6-11-27-24-46-35(40-27)13-9-17-39-38(43)45-5/h7-9,12-14,24-26,28-34,37,42H,6,10-11,15-23H2,1-5H3,(H,39,43)/b12-8+,13-9-,14-7-/t26?,28-,29-,30+,31?,32-,33+,34?,37?/m1/s1. The van der Waals surface area contributed by atoms with Crippen molar-refractivity contribution in [2.24, 2.45) is 11.8 Å². The van der Waals surface area contributed by atoms with Crippen molar-refractivity contribution in [2.75, 3.05) is 20.8 Å². The normalized spacial score (nSPS) is 31.2. The van der Waals surface area contributed by atoms with Gasteiger partial charge in [0.25, 0.3) is 0 Å². The van der Waals surface area contributed by atoms with Gasteiger partial charge in [0.05, 0.1) is 49.4 Å². The predicted octanol–water partition coefficient (Wildman–Crippen LogP) is 6.07. The topological polar surface area (TPSA) is 148 Å². The summed E-state index contributed by atoms with van der Waals surface area (Å²) in [7, 11) is 3.04. The van der Waals surface area contributed by atoms with E-state index in [1.54, 1.807) is 31.6 Å². The third-order valence-corrected chi connectivity index (χ3v) is 9.47. The smallest absolute Gasteiger partial charge is 0.407 e. The number of amides is 1. The fourth-order valence-electron chi connectivity index (χ4n) is 6.78. The van der Waals surface area contributed by atoms with Crippen LogP contribution in [0.15, 0.2) is 41.1 Å². The third kappa shape index (κ3) is 13.9. The second kappa shape index (κ2) is 20.7. The van der Waals surface area contributed by atoms with Crippen LogP contribution in [0.5, 0.6) is 0 Å². The molecule has 12 heteroatoms. The number of rotatable bonds is 12. The number of hydrogen-bond donors (Lipinski definition) is 2. The number of oxazole rings is 1. The number of aromatic nitrogens is 1. The van der Waals surface area contributed by atoms with E-state index in [2.05, 4.69) is 48.0 Å². The summed E-state index contributed by atoms with van der Waals surface area (Å²) in [6, 6.07) is 0. The SMILES string of the molecule is COC(=O)NC/C=C\c1nc(CC/C=C\C(=O)O[C@@H]2CC3C[C@H](OC)CC4O[C@H](CCC4C)C[C@@H](/C=C/CC(C)C)OC(O)C[C@H](C2)O3)co1. The number of nitrogens with one attached hydrogen (secondary N) is 1. The highest BCUT2D eigenvalue weighted by Gasteiger charge is 2.37. The quantitative estimate of drug-likeness (QED) is 0.149. The molecule has 3 fully saturated rings. The number of carbonyl (C=O) groups is 2. The van der Waals surface area contributed by atoms with Crippen molar-refractivity contribution in [3.05, 3.63) is 48.2 Å². The highest BCUT2D eigenvalue weighted by molar-refractivity contribution is 5.82. The molecule has 9 atom stereocenters. The van der Waals surface area contributed by atoms with Crippen molar-refractivity contribution < 1.29 is 47.5 Å². The van der Waals surface area contributed by atoms with Crippen LogP contribution in [0.4, 0.5) is 4.79 Å². The van der Waals surface area contributed by atoms with Gasteiger partial charge in [0, 0.05) is 51.8 Å². The van der Waals surface area contributed by atoms with Crippen LogP contribution in [0.25, 0.3) is 6.08 Å². The molecule has 3 aliphatic heterocycles. The molecule has 1 amide bonds. The van der Waals surface area contributed by atoms with Gasteiger partial charge >= 0.3 is 12.1 Å². The van der Waals surface area contributed by atoms with Crippen molar-refractivity contribution >= 4 is 18.1 Å². The van der Waals surface area contributed by atoms with Gasteiger partial charge < -0.3 is 43.3 Å². The molecule has 3 saturated heterocycles. The van der Waals surface area contributed by atoms with E-state index in [0.717, 1.165) is 31.4 Å². The number of carbonyl (C=O) groups excluding carboxylic acids is 2. The van der Waals surface area contributed by atoms with Gasteiger partial charge in [0.15, 0.2) is 6.29 Å². The molecule has 0 radical (unpaired) electrons. The zero-order valence-electron chi connectivity index (χ0n) is 30.4. The molecule has 0 aliphatic carbocycles. The van der Waals surface area contributed by atoms with E-state index in [0.29, 0.717) is 56.3 Å². The van der Waals surface area contributed by atoms with Gasteiger partial charge in [0.2, 0.25) is 5.89 Å². The molecule has 4 heterocycles. The molecule has 1 aromatic rings. The number of aliphatic hydroxyl groups excluding tert-OH is 1. The zero-order chi connectivity index (χ0) is 35.9. The molecular weight excluding hydrogens is 644 g/mol. The number of nitrogens with zero attached hydrogens (tertiary/aromatic N) is 1. The third-order valence-electron chi connectivity index (χ3n) is 9.47. The molecule has 3 aliphatic rings. The van der Waals surface area contributed by atoms with E-state index < -0.39 is 18.4 Å². The Balaban J connectivity index is 1.34. The Morgan fingerprint density at radius 1 is 0.980 bits per heavy atom. The number of alkyl carbamates (subject to hydrolysis) is 1. The molecule has 0 saturated carbocycles. The Labute approximate surface area is 296 Å². The molecule has 50 heavy (non-hydrogen) atoms. The lowest BCUT2D eigenvalue weighted by molar-refractivity contribution is -0.192. The summed E-state index contributed by atoms with van der Waals surface area (Å²) < 4.78 is 41.2. The van der Waals surface area contributed by atoms with Crippen LogP contribution in [0, 0.1) is 11.8 Å². The van der Waals surface area contributed by atoms with E-state index in [-0.39, 0.29) is 55.7 Å². The van der Waals surface area contributed by atoms with Crippen molar-refractivity contribution in [1.29, 1.82) is 0 Å². The van der Waals surface area contributed by atoms with Gasteiger partial charge in [-0.2, -0.15) is 0 Å². The van der Waals surface area contributed by atoms with Crippen molar-refractivity contribution in [3.63, 3.8) is 0 Å². The van der Waals surface area contributed by atoms with Crippen LogP contribution < -0.4 is 5.32 Å². The molecule has 4 unspecified atom stereocenters. The summed E-state index contributed by atoms with van der Waals surface area (Å²) in [5.41, 5.74) is 0.744. The molecule has 2 N–H and O–H groups in total. The Hall–Kier alpha value is -3.03. The minimum Gasteiger partial charge on any atom is -0.459 e. The summed E-state index contributed by atoms with van der Waals surface area (Å²) in [5, 5.41) is 13.7. The monoisotopic (exact) mass is 702 g/mol. The minimum atomic E-state index is -1.03. The van der Waals surface area contributed by atoms with Gasteiger partial charge in [-0.05, 0) is 56.4 Å². The van der Waals surface area contributed by atoms with E-state index in [4.69, 9.17) is 28.1 Å². The first kappa shape index (κ1) is 39.8. The first-order chi connectivity index (χ1) is 24.1. The summed E-state index contributed by atoms with van der Waals surface area (Å²) in [6.07, 6.45) is 17.1. The highest BCUT2D eigenvalue weighted by atomic mass is 16.6. The first-order valence-electron chi connectivity index (χ1n) is 18.2. The number of fused-ring (bicyclic) bond motifs is 4. The van der Waals surface area contributed by atoms with E-state index in [1.807, 2.05) is 0 Å².